The molecule has 4 rings (SSSR count). The van der Waals surface area contributed by atoms with E-state index in [1.54, 1.807) is 16.2 Å². The van der Waals surface area contributed by atoms with Gasteiger partial charge >= 0.3 is 0 Å². The van der Waals surface area contributed by atoms with Crippen molar-refractivity contribution in [1.82, 2.24) is 9.97 Å². The maximum Gasteiger partial charge on any atom is 0.234 e. The molecule has 1 aliphatic heterocycles. The van der Waals surface area contributed by atoms with Crippen molar-refractivity contribution in [2.45, 2.75) is 38.6 Å². The molecule has 1 N–H and O–H groups in total. The summed E-state index contributed by atoms with van der Waals surface area (Å²) in [4.78, 5) is 37.6. The average molecular weight is 427 g/mol. The summed E-state index contributed by atoms with van der Waals surface area (Å²) < 4.78 is 0. The number of hydrogen-bond donors (Lipinski definition) is 1. The highest BCUT2D eigenvalue weighted by molar-refractivity contribution is 8.00. The highest BCUT2D eigenvalue weighted by Crippen LogP contribution is 2.35. The van der Waals surface area contributed by atoms with Crippen molar-refractivity contribution in [2.24, 2.45) is 0 Å². The minimum absolute atomic E-state index is 0.103. The van der Waals surface area contributed by atoms with E-state index < -0.39 is 0 Å². The van der Waals surface area contributed by atoms with Crippen LogP contribution in [0.4, 0.5) is 11.4 Å². The first-order valence-corrected chi connectivity index (χ1v) is 11.3. The first kappa shape index (κ1) is 19.8. The van der Waals surface area contributed by atoms with Crippen molar-refractivity contribution in [3.05, 3.63) is 40.5 Å². The van der Waals surface area contributed by atoms with Gasteiger partial charge in [0.2, 0.25) is 11.8 Å². The third-order valence-electron chi connectivity index (χ3n) is 4.96. The zero-order valence-corrected chi connectivity index (χ0v) is 18.2. The monoisotopic (exact) mass is 426 g/mol. The van der Waals surface area contributed by atoms with E-state index in [0.29, 0.717) is 17.9 Å². The molecule has 3 aromatic rings. The number of benzene rings is 1. The number of thiophene rings is 1. The van der Waals surface area contributed by atoms with Gasteiger partial charge in [-0.05, 0) is 51.0 Å². The first-order valence-electron chi connectivity index (χ1n) is 9.50. The minimum Gasteiger partial charge on any atom is -0.325 e. The second-order valence-corrected chi connectivity index (χ2v) is 9.24. The van der Waals surface area contributed by atoms with Crippen LogP contribution in [0.3, 0.4) is 0 Å². The summed E-state index contributed by atoms with van der Waals surface area (Å²) in [6.45, 7) is 6.76. The summed E-state index contributed by atoms with van der Waals surface area (Å²) in [6.07, 6.45) is 1.46. The normalized spacial score (nSPS) is 14.0. The number of anilines is 2. The lowest BCUT2D eigenvalue weighted by Crippen LogP contribution is -2.23. The molecule has 1 aromatic carbocycles. The topological polar surface area (TPSA) is 75.2 Å². The Morgan fingerprint density at radius 2 is 2.10 bits per heavy atom. The summed E-state index contributed by atoms with van der Waals surface area (Å²) in [5, 5.41) is 4.83. The molecule has 6 nitrogen and oxygen atoms in total. The lowest BCUT2D eigenvalue weighted by molar-refractivity contribution is -0.117. The van der Waals surface area contributed by atoms with Crippen LogP contribution >= 0.6 is 23.1 Å². The van der Waals surface area contributed by atoms with Crippen LogP contribution in [0.15, 0.2) is 29.3 Å². The second-order valence-electron chi connectivity index (χ2n) is 7.08. The summed E-state index contributed by atoms with van der Waals surface area (Å²) in [5.41, 5.74) is 2.70. The smallest absolute Gasteiger partial charge is 0.234 e. The van der Waals surface area contributed by atoms with Crippen LogP contribution in [0.1, 0.15) is 29.1 Å². The molecule has 0 saturated carbocycles. The Bertz CT molecular complexity index is 1110. The van der Waals surface area contributed by atoms with E-state index >= 15 is 0 Å². The Balaban J connectivity index is 1.46. The molecular formula is C21H22N4O2S2. The predicted molar refractivity (Wildman–Crippen MR) is 119 cm³/mol. The Morgan fingerprint density at radius 3 is 2.86 bits per heavy atom. The molecule has 2 amide bonds. The van der Waals surface area contributed by atoms with Crippen LogP contribution in [0.2, 0.25) is 0 Å². The highest BCUT2D eigenvalue weighted by atomic mass is 32.2. The third-order valence-corrected chi connectivity index (χ3v) is 7.04. The number of thioether (sulfide) groups is 1. The molecule has 1 fully saturated rings. The van der Waals surface area contributed by atoms with E-state index in [-0.39, 0.29) is 17.6 Å². The van der Waals surface area contributed by atoms with Crippen molar-refractivity contribution in [2.75, 3.05) is 22.5 Å². The van der Waals surface area contributed by atoms with Crippen LogP contribution in [0.25, 0.3) is 10.2 Å². The molecule has 0 unspecified atom stereocenters. The zero-order valence-electron chi connectivity index (χ0n) is 16.6. The SMILES string of the molecule is Cc1nc(SCC(=O)Nc2cccc(N3CCCC3=O)c2)c2c(C)c(C)sc2n1. The van der Waals surface area contributed by atoms with Gasteiger partial charge in [-0.15, -0.1) is 11.3 Å². The molecule has 150 valence electrons. The maximum absolute atomic E-state index is 12.5. The Hall–Kier alpha value is -2.45. The van der Waals surface area contributed by atoms with Crippen LogP contribution < -0.4 is 10.2 Å². The second kappa shape index (κ2) is 8.12. The summed E-state index contributed by atoms with van der Waals surface area (Å²) in [7, 11) is 0. The van der Waals surface area contributed by atoms with Gasteiger partial charge in [-0.1, -0.05) is 17.8 Å². The number of hydrogen-bond acceptors (Lipinski definition) is 6. The van der Waals surface area contributed by atoms with Crippen molar-refractivity contribution in [3.63, 3.8) is 0 Å². The van der Waals surface area contributed by atoms with Crippen molar-refractivity contribution in [3.8, 4) is 0 Å². The van der Waals surface area contributed by atoms with Crippen molar-refractivity contribution in [1.29, 1.82) is 0 Å². The molecule has 0 radical (unpaired) electrons. The summed E-state index contributed by atoms with van der Waals surface area (Å²) in [6, 6.07) is 7.45. The summed E-state index contributed by atoms with van der Waals surface area (Å²) >= 11 is 3.09. The fourth-order valence-corrected chi connectivity index (χ4v) is 5.49. The average Bonchev–Trinajstić information content (AvgIpc) is 3.23. The molecule has 1 aliphatic rings. The van der Waals surface area contributed by atoms with Gasteiger partial charge in [-0.25, -0.2) is 9.97 Å². The van der Waals surface area contributed by atoms with Gasteiger partial charge in [-0.3, -0.25) is 9.59 Å². The number of nitrogens with one attached hydrogen (secondary N) is 1. The predicted octanol–water partition coefficient (Wildman–Crippen LogP) is 4.47. The number of carbonyl (C=O) groups is 2. The van der Waals surface area contributed by atoms with Gasteiger partial charge in [0, 0.05) is 34.6 Å². The van der Waals surface area contributed by atoms with E-state index in [1.807, 2.05) is 31.2 Å². The molecular weight excluding hydrogens is 404 g/mol. The van der Waals surface area contributed by atoms with Crippen LogP contribution in [-0.2, 0) is 9.59 Å². The number of rotatable bonds is 5. The van der Waals surface area contributed by atoms with Gasteiger partial charge in [-0.2, -0.15) is 0 Å². The van der Waals surface area contributed by atoms with Crippen molar-refractivity contribution >= 4 is 56.5 Å². The highest BCUT2D eigenvalue weighted by Gasteiger charge is 2.22. The van der Waals surface area contributed by atoms with Crippen LogP contribution in [-0.4, -0.2) is 34.1 Å². The molecule has 3 heterocycles. The fraction of sp³-hybridized carbons (Fsp3) is 0.333. The van der Waals surface area contributed by atoms with Gasteiger partial charge < -0.3 is 10.2 Å². The number of fused-ring (bicyclic) bond motifs is 1. The number of aromatic nitrogens is 2. The largest absolute Gasteiger partial charge is 0.325 e. The van der Waals surface area contributed by atoms with E-state index in [0.717, 1.165) is 33.9 Å². The van der Waals surface area contributed by atoms with Crippen molar-refractivity contribution < 1.29 is 9.59 Å². The minimum atomic E-state index is -0.103. The molecule has 0 bridgehead atoms. The fourth-order valence-electron chi connectivity index (χ4n) is 3.42. The zero-order chi connectivity index (χ0) is 20.5. The molecule has 0 atom stereocenters. The van der Waals surface area contributed by atoms with Crippen LogP contribution in [0.5, 0.6) is 0 Å². The molecule has 0 spiro atoms. The maximum atomic E-state index is 12.5. The van der Waals surface area contributed by atoms with E-state index in [4.69, 9.17) is 0 Å². The quantitative estimate of drug-likeness (QED) is 0.481. The number of aryl methyl sites for hydroxylation is 3. The molecule has 29 heavy (non-hydrogen) atoms. The first-order chi connectivity index (χ1) is 13.9. The van der Waals surface area contributed by atoms with Gasteiger partial charge in [0.05, 0.1) is 5.75 Å². The lowest BCUT2D eigenvalue weighted by atomic mass is 10.2. The lowest BCUT2D eigenvalue weighted by Gasteiger charge is -2.16. The molecule has 2 aromatic heterocycles. The van der Waals surface area contributed by atoms with Crippen LogP contribution in [0, 0.1) is 20.8 Å². The van der Waals surface area contributed by atoms with E-state index in [1.165, 1.54) is 22.2 Å². The van der Waals surface area contributed by atoms with E-state index in [9.17, 15) is 9.59 Å². The Morgan fingerprint density at radius 1 is 1.28 bits per heavy atom. The van der Waals surface area contributed by atoms with Gasteiger partial charge in [0.1, 0.15) is 15.7 Å². The van der Waals surface area contributed by atoms with E-state index in [2.05, 4.69) is 29.1 Å². The standard InChI is InChI=1S/C21H22N4O2S2/c1-12-13(2)29-21-19(12)20(22-14(3)23-21)28-11-17(26)24-15-6-4-7-16(10-15)25-9-5-8-18(25)27/h4,6-7,10H,5,8-9,11H2,1-3H3,(H,24,26). The number of nitrogens with zero attached hydrogens (tertiary/aromatic N) is 3. The number of amides is 2. The molecule has 1 saturated heterocycles. The Kier molecular flexibility index (Phi) is 5.56. The summed E-state index contributed by atoms with van der Waals surface area (Å²) in [5.74, 6) is 0.999. The van der Waals surface area contributed by atoms with Gasteiger partial charge in [0.15, 0.2) is 0 Å². The molecule has 8 heteroatoms. The third kappa shape index (κ3) is 4.13. The molecule has 0 aliphatic carbocycles. The Labute approximate surface area is 177 Å². The number of carbonyl (C=O) groups excluding carboxylic acids is 2. The van der Waals surface area contributed by atoms with Gasteiger partial charge in [0.25, 0.3) is 0 Å².